The minimum absolute atomic E-state index is 0.104. The van der Waals surface area contributed by atoms with Gasteiger partial charge in [0.25, 0.3) is 0 Å². The Balaban J connectivity index is 2.30. The lowest BCUT2D eigenvalue weighted by molar-refractivity contribution is 0.0537. The largest absolute Gasteiger partial charge is 0.385 e. The highest BCUT2D eigenvalue weighted by Crippen LogP contribution is 2.27. The highest BCUT2D eigenvalue weighted by Gasteiger charge is 2.27. The van der Waals surface area contributed by atoms with E-state index in [0.717, 1.165) is 17.7 Å². The molecule has 0 amide bonds. The predicted octanol–water partition coefficient (Wildman–Crippen LogP) is 3.42. The molecule has 1 N–H and O–H groups in total. The van der Waals surface area contributed by atoms with Crippen molar-refractivity contribution in [3.63, 3.8) is 0 Å². The van der Waals surface area contributed by atoms with E-state index in [-0.39, 0.29) is 12.0 Å². The Labute approximate surface area is 105 Å². The monoisotopic (exact) mass is 248 g/mol. The molecule has 2 rings (SSSR count). The van der Waals surface area contributed by atoms with E-state index in [9.17, 15) is 13.9 Å². The van der Waals surface area contributed by atoms with Crippen molar-refractivity contribution < 1.29 is 13.9 Å². The summed E-state index contributed by atoms with van der Waals surface area (Å²) in [5.74, 6) is -1.37. The normalized spacial score (nSPS) is 14.2. The van der Waals surface area contributed by atoms with Crippen LogP contribution in [0.25, 0.3) is 0 Å². The fourth-order valence-corrected chi connectivity index (χ4v) is 2.01. The number of aliphatic hydroxyl groups is 1. The van der Waals surface area contributed by atoms with Gasteiger partial charge < -0.3 is 5.11 Å². The fraction of sp³-hybridized carbons (Fsp3) is 0.200. The Kier molecular flexibility index (Phi) is 3.43. The molecule has 1 atom stereocenters. The molecule has 0 spiro atoms. The molecule has 0 aliphatic heterocycles. The summed E-state index contributed by atoms with van der Waals surface area (Å²) in [6, 6.07) is 12.5. The molecule has 18 heavy (non-hydrogen) atoms. The second-order valence-corrected chi connectivity index (χ2v) is 4.56. The average Bonchev–Trinajstić information content (AvgIpc) is 2.29. The lowest BCUT2D eigenvalue weighted by Crippen LogP contribution is -2.25. The fourth-order valence-electron chi connectivity index (χ4n) is 2.01. The first-order valence-corrected chi connectivity index (χ1v) is 5.71. The standard InChI is InChI=1S/C15H14F2O/c1-15(18,10-11-5-3-2-4-6-11)13-8-7-12(16)9-14(13)17/h2-9,18H,10H2,1H3. The van der Waals surface area contributed by atoms with Gasteiger partial charge in [0, 0.05) is 18.1 Å². The zero-order valence-electron chi connectivity index (χ0n) is 10.0. The van der Waals surface area contributed by atoms with E-state index in [1.54, 1.807) is 0 Å². The first-order chi connectivity index (χ1) is 8.49. The van der Waals surface area contributed by atoms with Gasteiger partial charge in [-0.25, -0.2) is 8.78 Å². The van der Waals surface area contributed by atoms with Gasteiger partial charge in [0.2, 0.25) is 0 Å². The highest BCUT2D eigenvalue weighted by atomic mass is 19.1. The Bertz CT molecular complexity index is 535. The van der Waals surface area contributed by atoms with E-state index in [2.05, 4.69) is 0 Å². The second kappa shape index (κ2) is 4.86. The van der Waals surface area contributed by atoms with Crippen LogP contribution in [-0.2, 0) is 12.0 Å². The number of hydrogen-bond donors (Lipinski definition) is 1. The van der Waals surface area contributed by atoms with E-state index in [1.165, 1.54) is 13.0 Å². The van der Waals surface area contributed by atoms with Crippen LogP contribution in [-0.4, -0.2) is 5.11 Å². The van der Waals surface area contributed by atoms with Crippen molar-refractivity contribution in [3.05, 3.63) is 71.3 Å². The molecule has 0 heterocycles. The van der Waals surface area contributed by atoms with Gasteiger partial charge >= 0.3 is 0 Å². The molecule has 0 aliphatic carbocycles. The van der Waals surface area contributed by atoms with Crippen molar-refractivity contribution in [3.8, 4) is 0 Å². The number of benzene rings is 2. The molecule has 0 saturated heterocycles. The van der Waals surface area contributed by atoms with E-state index < -0.39 is 17.2 Å². The van der Waals surface area contributed by atoms with Gasteiger partial charge in [-0.1, -0.05) is 36.4 Å². The van der Waals surface area contributed by atoms with E-state index >= 15 is 0 Å². The van der Waals surface area contributed by atoms with Crippen molar-refractivity contribution >= 4 is 0 Å². The molecule has 3 heteroatoms. The van der Waals surface area contributed by atoms with Crippen molar-refractivity contribution in [2.75, 3.05) is 0 Å². The smallest absolute Gasteiger partial charge is 0.132 e. The first kappa shape index (κ1) is 12.7. The third-order valence-electron chi connectivity index (χ3n) is 2.90. The Morgan fingerprint density at radius 2 is 1.72 bits per heavy atom. The van der Waals surface area contributed by atoms with Crippen LogP contribution in [0.2, 0.25) is 0 Å². The SMILES string of the molecule is CC(O)(Cc1ccccc1)c1ccc(F)cc1F. The summed E-state index contributed by atoms with van der Waals surface area (Å²) in [5, 5.41) is 10.3. The van der Waals surface area contributed by atoms with Gasteiger partial charge in [-0.05, 0) is 18.6 Å². The zero-order chi connectivity index (χ0) is 13.2. The molecule has 94 valence electrons. The van der Waals surface area contributed by atoms with Gasteiger partial charge in [0.15, 0.2) is 0 Å². The molecule has 2 aromatic rings. The van der Waals surface area contributed by atoms with Crippen LogP contribution >= 0.6 is 0 Å². The summed E-state index contributed by atoms with van der Waals surface area (Å²) in [6.45, 7) is 1.52. The Morgan fingerprint density at radius 1 is 1.06 bits per heavy atom. The summed E-state index contributed by atoms with van der Waals surface area (Å²) < 4.78 is 26.5. The Morgan fingerprint density at radius 3 is 2.33 bits per heavy atom. The Hall–Kier alpha value is -1.74. The number of halogens is 2. The molecule has 0 saturated carbocycles. The first-order valence-electron chi connectivity index (χ1n) is 5.71. The molecule has 2 aromatic carbocycles. The minimum atomic E-state index is -1.36. The van der Waals surface area contributed by atoms with Gasteiger partial charge in [0.1, 0.15) is 11.6 Å². The number of rotatable bonds is 3. The number of hydrogen-bond acceptors (Lipinski definition) is 1. The van der Waals surface area contributed by atoms with Crippen LogP contribution in [0.15, 0.2) is 48.5 Å². The van der Waals surface area contributed by atoms with Crippen LogP contribution < -0.4 is 0 Å². The van der Waals surface area contributed by atoms with Gasteiger partial charge in [-0.2, -0.15) is 0 Å². The molecule has 0 aliphatic rings. The molecule has 0 fully saturated rings. The van der Waals surface area contributed by atoms with Crippen LogP contribution in [0, 0.1) is 11.6 Å². The summed E-state index contributed by atoms with van der Waals surface area (Å²) in [4.78, 5) is 0. The topological polar surface area (TPSA) is 20.2 Å². The van der Waals surface area contributed by atoms with Crippen LogP contribution in [0.5, 0.6) is 0 Å². The second-order valence-electron chi connectivity index (χ2n) is 4.56. The summed E-state index contributed by atoms with van der Waals surface area (Å²) >= 11 is 0. The molecule has 1 unspecified atom stereocenters. The molecular formula is C15H14F2O. The van der Waals surface area contributed by atoms with E-state index in [0.29, 0.717) is 0 Å². The van der Waals surface area contributed by atoms with E-state index in [4.69, 9.17) is 0 Å². The van der Waals surface area contributed by atoms with Crippen molar-refractivity contribution in [2.45, 2.75) is 18.9 Å². The van der Waals surface area contributed by atoms with Gasteiger partial charge in [-0.3, -0.25) is 0 Å². The zero-order valence-corrected chi connectivity index (χ0v) is 10.0. The molecule has 0 aromatic heterocycles. The van der Waals surface area contributed by atoms with Crippen molar-refractivity contribution in [2.24, 2.45) is 0 Å². The van der Waals surface area contributed by atoms with Crippen LogP contribution in [0.4, 0.5) is 8.78 Å². The van der Waals surface area contributed by atoms with Crippen LogP contribution in [0.3, 0.4) is 0 Å². The van der Waals surface area contributed by atoms with Crippen molar-refractivity contribution in [1.82, 2.24) is 0 Å². The summed E-state index contributed by atoms with van der Waals surface area (Å²) in [7, 11) is 0. The van der Waals surface area contributed by atoms with Gasteiger partial charge in [-0.15, -0.1) is 0 Å². The highest BCUT2D eigenvalue weighted by molar-refractivity contribution is 5.27. The van der Waals surface area contributed by atoms with Crippen molar-refractivity contribution in [1.29, 1.82) is 0 Å². The third-order valence-corrected chi connectivity index (χ3v) is 2.90. The third kappa shape index (κ3) is 2.74. The summed E-state index contributed by atoms with van der Waals surface area (Å²) in [5.41, 5.74) is -0.363. The summed E-state index contributed by atoms with van der Waals surface area (Å²) in [6.07, 6.45) is 0.274. The maximum Gasteiger partial charge on any atom is 0.132 e. The maximum atomic E-state index is 13.6. The predicted molar refractivity (Wildman–Crippen MR) is 66.1 cm³/mol. The lowest BCUT2D eigenvalue weighted by atomic mass is 9.89. The van der Waals surface area contributed by atoms with Gasteiger partial charge in [0.05, 0.1) is 5.60 Å². The minimum Gasteiger partial charge on any atom is -0.385 e. The van der Waals surface area contributed by atoms with Crippen LogP contribution in [0.1, 0.15) is 18.1 Å². The maximum absolute atomic E-state index is 13.6. The molecule has 1 nitrogen and oxygen atoms in total. The molecular weight excluding hydrogens is 234 g/mol. The molecule has 0 radical (unpaired) electrons. The average molecular weight is 248 g/mol. The lowest BCUT2D eigenvalue weighted by Gasteiger charge is -2.24. The quantitative estimate of drug-likeness (QED) is 0.882. The van der Waals surface area contributed by atoms with E-state index in [1.807, 2.05) is 30.3 Å². The molecule has 0 bridgehead atoms.